The molecule has 1 aromatic carbocycles. The molecule has 1 aromatic rings. The number of hydrogen-bond donors (Lipinski definition) is 2. The van der Waals surface area contributed by atoms with E-state index < -0.39 is 12.0 Å². The molecular weight excluding hydrogens is 303 g/mol. The van der Waals surface area contributed by atoms with Crippen LogP contribution in [0.1, 0.15) is 32.4 Å². The lowest BCUT2D eigenvalue weighted by molar-refractivity contribution is -0.140. The van der Waals surface area contributed by atoms with Crippen molar-refractivity contribution < 1.29 is 13.9 Å². The number of hydrogen-bond acceptors (Lipinski definition) is 3. The van der Waals surface area contributed by atoms with Crippen LogP contribution in [0.15, 0.2) is 35.5 Å². The highest BCUT2D eigenvalue weighted by atomic mass is 32.1. The van der Waals surface area contributed by atoms with E-state index in [0.29, 0.717) is 23.0 Å². The van der Waals surface area contributed by atoms with Gasteiger partial charge in [0, 0.05) is 5.70 Å². The highest BCUT2D eigenvalue weighted by Gasteiger charge is 2.31. The van der Waals surface area contributed by atoms with Gasteiger partial charge in [-0.3, -0.25) is 0 Å². The first kappa shape index (κ1) is 16.4. The van der Waals surface area contributed by atoms with Crippen LogP contribution in [-0.2, 0) is 9.53 Å². The molecule has 0 radical (unpaired) electrons. The Labute approximate surface area is 134 Å². The van der Waals surface area contributed by atoms with E-state index in [1.165, 1.54) is 12.1 Å². The minimum atomic E-state index is -0.450. The molecule has 0 aliphatic carbocycles. The number of carbonyl (C=O) groups excluding carboxylic acids is 1. The summed E-state index contributed by atoms with van der Waals surface area (Å²) in [4.78, 5) is 12.4. The SMILES string of the molecule is CC1=C(C(=O)OCC(C)C)[C@@H](c2ccc(F)cc2)NC(=S)N1. The number of benzene rings is 1. The highest BCUT2D eigenvalue weighted by Crippen LogP contribution is 2.27. The van der Waals surface area contributed by atoms with Gasteiger partial charge in [-0.15, -0.1) is 0 Å². The van der Waals surface area contributed by atoms with Gasteiger partial charge in [0.2, 0.25) is 0 Å². The Morgan fingerprint density at radius 1 is 1.36 bits per heavy atom. The minimum absolute atomic E-state index is 0.250. The maximum atomic E-state index is 13.1. The quantitative estimate of drug-likeness (QED) is 0.659. The predicted molar refractivity (Wildman–Crippen MR) is 86.5 cm³/mol. The first-order valence-corrected chi connectivity index (χ1v) is 7.50. The number of halogens is 1. The van der Waals surface area contributed by atoms with Crippen molar-refractivity contribution in [2.45, 2.75) is 26.8 Å². The van der Waals surface area contributed by atoms with Crippen LogP contribution in [0.5, 0.6) is 0 Å². The van der Waals surface area contributed by atoms with Crippen LogP contribution in [0.25, 0.3) is 0 Å². The lowest BCUT2D eigenvalue weighted by atomic mass is 9.95. The van der Waals surface area contributed by atoms with Gasteiger partial charge in [0.15, 0.2) is 5.11 Å². The van der Waals surface area contributed by atoms with E-state index in [0.717, 1.165) is 5.56 Å². The second-order valence-electron chi connectivity index (χ2n) is 5.61. The molecule has 0 spiro atoms. The van der Waals surface area contributed by atoms with Gasteiger partial charge in [0.1, 0.15) is 5.82 Å². The molecule has 1 aliphatic rings. The zero-order chi connectivity index (χ0) is 16.3. The minimum Gasteiger partial charge on any atom is -0.462 e. The van der Waals surface area contributed by atoms with E-state index in [9.17, 15) is 9.18 Å². The Morgan fingerprint density at radius 3 is 2.59 bits per heavy atom. The smallest absolute Gasteiger partial charge is 0.338 e. The number of thiocarbonyl (C=S) groups is 1. The standard InChI is InChI=1S/C16H19FN2O2S/c1-9(2)8-21-15(20)13-10(3)18-16(22)19-14(13)11-4-6-12(17)7-5-11/h4-7,9,14H,8H2,1-3H3,(H2,18,19,22)/t14-/m1/s1. The first-order valence-electron chi connectivity index (χ1n) is 7.09. The van der Waals surface area contributed by atoms with Crippen molar-refractivity contribution in [2.24, 2.45) is 5.92 Å². The predicted octanol–water partition coefficient (Wildman–Crippen LogP) is 2.82. The zero-order valence-electron chi connectivity index (χ0n) is 12.8. The fourth-order valence-corrected chi connectivity index (χ4v) is 2.46. The summed E-state index contributed by atoms with van der Waals surface area (Å²) < 4.78 is 18.4. The van der Waals surface area contributed by atoms with Gasteiger partial charge in [-0.05, 0) is 42.8 Å². The molecule has 4 nitrogen and oxygen atoms in total. The summed E-state index contributed by atoms with van der Waals surface area (Å²) in [6, 6.07) is 5.52. The first-order chi connectivity index (χ1) is 10.4. The van der Waals surface area contributed by atoms with Crippen LogP contribution < -0.4 is 10.6 Å². The molecule has 0 fully saturated rings. The molecule has 1 atom stereocenters. The summed E-state index contributed by atoms with van der Waals surface area (Å²) in [6.45, 7) is 6.06. The van der Waals surface area contributed by atoms with Gasteiger partial charge < -0.3 is 15.4 Å². The molecular formula is C16H19FN2O2S. The Kier molecular flexibility index (Phi) is 5.13. The summed E-state index contributed by atoms with van der Waals surface area (Å²) in [6.07, 6.45) is 0. The highest BCUT2D eigenvalue weighted by molar-refractivity contribution is 7.80. The Balaban J connectivity index is 2.32. The van der Waals surface area contributed by atoms with Crippen molar-refractivity contribution in [1.82, 2.24) is 10.6 Å². The van der Waals surface area contributed by atoms with E-state index in [4.69, 9.17) is 17.0 Å². The van der Waals surface area contributed by atoms with E-state index in [1.54, 1.807) is 19.1 Å². The second-order valence-corrected chi connectivity index (χ2v) is 6.02. The van der Waals surface area contributed by atoms with Gasteiger partial charge >= 0.3 is 5.97 Å². The summed E-state index contributed by atoms with van der Waals surface area (Å²) in [7, 11) is 0. The zero-order valence-corrected chi connectivity index (χ0v) is 13.6. The third kappa shape index (κ3) is 3.82. The number of carbonyl (C=O) groups is 1. The molecule has 1 aliphatic heterocycles. The number of allylic oxidation sites excluding steroid dienone is 1. The fourth-order valence-electron chi connectivity index (χ4n) is 2.19. The van der Waals surface area contributed by atoms with Crippen LogP contribution in [0.4, 0.5) is 4.39 Å². The average Bonchev–Trinajstić information content (AvgIpc) is 2.44. The topological polar surface area (TPSA) is 50.4 Å². The van der Waals surface area contributed by atoms with Gasteiger partial charge in [-0.2, -0.15) is 0 Å². The number of nitrogens with one attached hydrogen (secondary N) is 2. The summed E-state index contributed by atoms with van der Waals surface area (Å²) in [5, 5.41) is 6.40. The van der Waals surface area contributed by atoms with Gasteiger partial charge in [0.05, 0.1) is 18.2 Å². The Hall–Kier alpha value is -1.95. The normalized spacial score (nSPS) is 18.0. The molecule has 6 heteroatoms. The molecule has 0 amide bonds. The van der Waals surface area contributed by atoms with Crippen molar-refractivity contribution in [3.05, 3.63) is 46.9 Å². The van der Waals surface area contributed by atoms with Crippen LogP contribution in [-0.4, -0.2) is 17.7 Å². The van der Waals surface area contributed by atoms with Crippen LogP contribution >= 0.6 is 12.2 Å². The van der Waals surface area contributed by atoms with Crippen molar-refractivity contribution >= 4 is 23.3 Å². The summed E-state index contributed by atoms with van der Waals surface area (Å²) in [5.41, 5.74) is 1.86. The van der Waals surface area contributed by atoms with Crippen LogP contribution in [0.2, 0.25) is 0 Å². The molecule has 118 valence electrons. The number of esters is 1. The van der Waals surface area contributed by atoms with Gasteiger partial charge in [0.25, 0.3) is 0 Å². The molecule has 1 heterocycles. The lowest BCUT2D eigenvalue weighted by Gasteiger charge is -2.30. The summed E-state index contributed by atoms with van der Waals surface area (Å²) >= 11 is 5.15. The van der Waals surface area contributed by atoms with E-state index >= 15 is 0 Å². The largest absolute Gasteiger partial charge is 0.462 e. The monoisotopic (exact) mass is 322 g/mol. The molecule has 2 N–H and O–H groups in total. The second kappa shape index (κ2) is 6.87. The Morgan fingerprint density at radius 2 is 2.00 bits per heavy atom. The van der Waals surface area contributed by atoms with Gasteiger partial charge in [-0.1, -0.05) is 26.0 Å². The van der Waals surface area contributed by atoms with Crippen molar-refractivity contribution in [3.8, 4) is 0 Å². The van der Waals surface area contributed by atoms with Crippen LogP contribution in [0, 0.1) is 11.7 Å². The number of rotatable bonds is 4. The molecule has 0 saturated carbocycles. The van der Waals surface area contributed by atoms with E-state index in [2.05, 4.69) is 10.6 Å². The molecule has 0 unspecified atom stereocenters. The summed E-state index contributed by atoms with van der Waals surface area (Å²) in [5.74, 6) is -0.479. The van der Waals surface area contributed by atoms with E-state index in [-0.39, 0.29) is 11.7 Å². The molecule has 0 bridgehead atoms. The molecule has 0 saturated heterocycles. The molecule has 0 aromatic heterocycles. The Bertz CT molecular complexity index is 611. The van der Waals surface area contributed by atoms with E-state index in [1.807, 2.05) is 13.8 Å². The van der Waals surface area contributed by atoms with Crippen molar-refractivity contribution in [2.75, 3.05) is 6.61 Å². The van der Waals surface area contributed by atoms with Gasteiger partial charge in [-0.25, -0.2) is 9.18 Å². The molecule has 22 heavy (non-hydrogen) atoms. The van der Waals surface area contributed by atoms with Crippen LogP contribution in [0.3, 0.4) is 0 Å². The lowest BCUT2D eigenvalue weighted by Crippen LogP contribution is -2.45. The van der Waals surface area contributed by atoms with Crippen molar-refractivity contribution in [1.29, 1.82) is 0 Å². The molecule has 2 rings (SSSR count). The average molecular weight is 322 g/mol. The maximum Gasteiger partial charge on any atom is 0.338 e. The number of ether oxygens (including phenoxy) is 1. The third-order valence-electron chi connectivity index (χ3n) is 3.24. The fraction of sp³-hybridized carbons (Fsp3) is 0.375. The third-order valence-corrected chi connectivity index (χ3v) is 3.46. The maximum absolute atomic E-state index is 13.1. The van der Waals surface area contributed by atoms with Crippen molar-refractivity contribution in [3.63, 3.8) is 0 Å².